The fraction of sp³-hybridized carbons (Fsp3) is 0.450. The van der Waals surface area contributed by atoms with Gasteiger partial charge in [0.2, 0.25) is 0 Å². The summed E-state index contributed by atoms with van der Waals surface area (Å²) in [6.45, 7) is 10.3. The van der Waals surface area contributed by atoms with Crippen molar-refractivity contribution in [1.29, 1.82) is 0 Å². The van der Waals surface area contributed by atoms with Gasteiger partial charge in [-0.15, -0.1) is 0 Å². The summed E-state index contributed by atoms with van der Waals surface area (Å²) in [6.07, 6.45) is 7.07. The van der Waals surface area contributed by atoms with Crippen molar-refractivity contribution < 1.29 is 13.9 Å². The van der Waals surface area contributed by atoms with E-state index in [0.717, 1.165) is 47.5 Å². The van der Waals surface area contributed by atoms with Crippen molar-refractivity contribution >= 4 is 12.0 Å². The molecule has 0 fully saturated rings. The molecule has 2 aliphatic heterocycles. The molecule has 2 aliphatic rings. The van der Waals surface area contributed by atoms with Crippen molar-refractivity contribution in [1.82, 2.24) is 0 Å². The maximum absolute atomic E-state index is 12.0. The minimum Gasteiger partial charge on any atom is -0.461 e. The molecule has 1 aromatic heterocycles. The van der Waals surface area contributed by atoms with Crippen LogP contribution in [-0.2, 0) is 16.0 Å². The highest BCUT2D eigenvalue weighted by molar-refractivity contribution is 5.90. The zero-order valence-corrected chi connectivity index (χ0v) is 14.1. The van der Waals surface area contributed by atoms with Crippen LogP contribution in [0.3, 0.4) is 0 Å². The van der Waals surface area contributed by atoms with Gasteiger partial charge in [0.1, 0.15) is 17.6 Å². The molecule has 3 nitrogen and oxygen atoms in total. The predicted molar refractivity (Wildman–Crippen MR) is 90.9 cm³/mol. The van der Waals surface area contributed by atoms with Crippen LogP contribution in [0.2, 0.25) is 0 Å². The maximum Gasteiger partial charge on any atom is 0.334 e. The van der Waals surface area contributed by atoms with E-state index in [0.29, 0.717) is 12.3 Å². The number of fused-ring (bicyclic) bond motifs is 3. The number of aryl methyl sites for hydroxylation is 1. The largest absolute Gasteiger partial charge is 0.461 e. The SMILES string of the molecule is C=C(C)[C@@H]1CCC2=C[C@H](C/C(C)=C/c3cc(C)c(o3)C1)OC2=O. The fourth-order valence-electron chi connectivity index (χ4n) is 3.34. The summed E-state index contributed by atoms with van der Waals surface area (Å²) in [6, 6.07) is 2.09. The van der Waals surface area contributed by atoms with Crippen LogP contribution in [0.1, 0.15) is 50.2 Å². The van der Waals surface area contributed by atoms with E-state index in [1.165, 1.54) is 5.56 Å². The fourth-order valence-corrected chi connectivity index (χ4v) is 3.34. The molecule has 0 aliphatic carbocycles. The lowest BCUT2D eigenvalue weighted by Crippen LogP contribution is -2.10. The van der Waals surface area contributed by atoms with Gasteiger partial charge in [-0.05, 0) is 63.3 Å². The van der Waals surface area contributed by atoms with E-state index in [-0.39, 0.29) is 12.1 Å². The monoisotopic (exact) mass is 312 g/mol. The van der Waals surface area contributed by atoms with Crippen molar-refractivity contribution in [2.45, 2.75) is 52.6 Å². The Labute approximate surface area is 137 Å². The molecule has 0 spiro atoms. The first kappa shape index (κ1) is 15.9. The molecular weight excluding hydrogens is 288 g/mol. The molecule has 0 saturated carbocycles. The third-order valence-corrected chi connectivity index (χ3v) is 4.75. The molecule has 23 heavy (non-hydrogen) atoms. The number of allylic oxidation sites excluding steroid dienone is 1. The predicted octanol–water partition coefficient (Wildman–Crippen LogP) is 4.76. The van der Waals surface area contributed by atoms with Crippen LogP contribution in [0.5, 0.6) is 0 Å². The Kier molecular flexibility index (Phi) is 4.29. The summed E-state index contributed by atoms with van der Waals surface area (Å²) in [7, 11) is 0. The maximum atomic E-state index is 12.0. The summed E-state index contributed by atoms with van der Waals surface area (Å²) in [4.78, 5) is 12.0. The van der Waals surface area contributed by atoms with Crippen molar-refractivity contribution in [2.75, 3.05) is 0 Å². The number of carbonyl (C=O) groups excluding carboxylic acids is 1. The van der Waals surface area contributed by atoms with Gasteiger partial charge in [-0.3, -0.25) is 0 Å². The molecule has 3 heterocycles. The zero-order chi connectivity index (χ0) is 16.6. The lowest BCUT2D eigenvalue weighted by molar-refractivity contribution is -0.139. The number of furan rings is 1. The Balaban J connectivity index is 1.96. The molecule has 0 amide bonds. The number of hydrogen-bond acceptors (Lipinski definition) is 3. The highest BCUT2D eigenvalue weighted by Gasteiger charge is 2.27. The van der Waals surface area contributed by atoms with E-state index < -0.39 is 0 Å². The summed E-state index contributed by atoms with van der Waals surface area (Å²) < 4.78 is 11.5. The van der Waals surface area contributed by atoms with Gasteiger partial charge in [0, 0.05) is 18.4 Å². The van der Waals surface area contributed by atoms with Crippen LogP contribution in [0.15, 0.2) is 39.9 Å². The van der Waals surface area contributed by atoms with Gasteiger partial charge >= 0.3 is 5.97 Å². The lowest BCUT2D eigenvalue weighted by atomic mass is 9.89. The van der Waals surface area contributed by atoms with Gasteiger partial charge in [-0.1, -0.05) is 17.7 Å². The average Bonchev–Trinajstić information content (AvgIpc) is 2.97. The molecule has 0 radical (unpaired) electrons. The van der Waals surface area contributed by atoms with E-state index in [1.54, 1.807) is 0 Å². The Morgan fingerprint density at radius 1 is 1.30 bits per heavy atom. The first-order valence-corrected chi connectivity index (χ1v) is 8.26. The standard InChI is InChI=1S/C20H24O3/c1-12(2)15-5-6-16-10-18(23-20(16)21)8-13(3)7-17-9-14(4)19(11-15)22-17/h7,9-10,15,18H,1,5-6,8,11H2,2-4H3/b13-7+/t15-,18+/m1/s1. The molecule has 0 aromatic carbocycles. The van der Waals surface area contributed by atoms with Crippen LogP contribution >= 0.6 is 0 Å². The summed E-state index contributed by atoms with van der Waals surface area (Å²) in [5, 5.41) is 0. The molecule has 1 aromatic rings. The van der Waals surface area contributed by atoms with E-state index in [4.69, 9.17) is 9.15 Å². The molecule has 3 rings (SSSR count). The Bertz CT molecular complexity index is 702. The van der Waals surface area contributed by atoms with Crippen LogP contribution < -0.4 is 0 Å². The quantitative estimate of drug-likeness (QED) is 0.554. The second kappa shape index (κ2) is 6.23. The molecule has 3 heteroatoms. The molecule has 2 atom stereocenters. The number of esters is 1. The molecule has 0 unspecified atom stereocenters. The van der Waals surface area contributed by atoms with Crippen molar-refractivity contribution in [3.05, 3.63) is 52.5 Å². The number of carbonyl (C=O) groups is 1. The minimum atomic E-state index is -0.158. The number of ether oxygens (including phenoxy) is 1. The lowest BCUT2D eigenvalue weighted by Gasteiger charge is -2.16. The molecular formula is C20H24O3. The Morgan fingerprint density at radius 3 is 2.83 bits per heavy atom. The highest BCUT2D eigenvalue weighted by atomic mass is 16.5. The molecule has 0 saturated heterocycles. The third-order valence-electron chi connectivity index (χ3n) is 4.75. The number of hydrogen-bond donors (Lipinski definition) is 0. The van der Waals surface area contributed by atoms with Crippen molar-refractivity contribution in [3.8, 4) is 0 Å². The van der Waals surface area contributed by atoms with E-state index >= 15 is 0 Å². The van der Waals surface area contributed by atoms with Gasteiger partial charge in [0.05, 0.1) is 0 Å². The van der Waals surface area contributed by atoms with Crippen LogP contribution in [0, 0.1) is 12.8 Å². The van der Waals surface area contributed by atoms with Gasteiger partial charge in [0.15, 0.2) is 0 Å². The second-order valence-corrected chi connectivity index (χ2v) is 6.87. The van der Waals surface area contributed by atoms with E-state index in [1.807, 2.05) is 19.1 Å². The summed E-state index contributed by atoms with van der Waals surface area (Å²) in [5.74, 6) is 2.06. The van der Waals surface area contributed by atoms with E-state index in [9.17, 15) is 4.79 Å². The Morgan fingerprint density at radius 2 is 2.09 bits per heavy atom. The van der Waals surface area contributed by atoms with E-state index in [2.05, 4.69) is 26.5 Å². The summed E-state index contributed by atoms with van der Waals surface area (Å²) in [5.41, 5.74) is 4.27. The van der Waals surface area contributed by atoms with Crippen LogP contribution in [-0.4, -0.2) is 12.1 Å². The van der Waals surface area contributed by atoms with Crippen molar-refractivity contribution in [3.63, 3.8) is 0 Å². The van der Waals surface area contributed by atoms with Crippen LogP contribution in [0.4, 0.5) is 0 Å². The smallest absolute Gasteiger partial charge is 0.334 e. The third kappa shape index (κ3) is 3.49. The Hall–Kier alpha value is -2.03. The van der Waals surface area contributed by atoms with Gasteiger partial charge in [-0.25, -0.2) is 4.79 Å². The van der Waals surface area contributed by atoms with Gasteiger partial charge in [0.25, 0.3) is 0 Å². The van der Waals surface area contributed by atoms with Gasteiger partial charge < -0.3 is 9.15 Å². The molecule has 122 valence electrons. The highest BCUT2D eigenvalue weighted by Crippen LogP contribution is 2.31. The summed E-state index contributed by atoms with van der Waals surface area (Å²) >= 11 is 0. The first-order valence-electron chi connectivity index (χ1n) is 8.26. The van der Waals surface area contributed by atoms with Crippen LogP contribution in [0.25, 0.3) is 6.08 Å². The average molecular weight is 312 g/mol. The normalized spacial score (nSPS) is 27.0. The minimum absolute atomic E-state index is 0.145. The first-order chi connectivity index (χ1) is 10.9. The number of rotatable bonds is 1. The zero-order valence-electron chi connectivity index (χ0n) is 14.1. The molecule has 4 bridgehead atoms. The second-order valence-electron chi connectivity index (χ2n) is 6.87. The topological polar surface area (TPSA) is 39.4 Å². The molecule has 0 N–H and O–H groups in total. The van der Waals surface area contributed by atoms with Gasteiger partial charge in [-0.2, -0.15) is 0 Å². The van der Waals surface area contributed by atoms with Crippen molar-refractivity contribution in [2.24, 2.45) is 5.92 Å².